The molecule has 0 saturated carbocycles. The van der Waals surface area contributed by atoms with E-state index in [1.165, 1.54) is 0 Å². The zero-order valence-corrected chi connectivity index (χ0v) is 12.0. The van der Waals surface area contributed by atoms with Gasteiger partial charge in [0.1, 0.15) is 0 Å². The molecule has 0 spiro atoms. The monoisotopic (exact) mass is 297 g/mol. The summed E-state index contributed by atoms with van der Waals surface area (Å²) in [5, 5.41) is 0.709. The van der Waals surface area contributed by atoms with Gasteiger partial charge in [0.2, 0.25) is 0 Å². The zero-order valence-electron chi connectivity index (χ0n) is 10.5. The minimum absolute atomic E-state index is 0.354. The van der Waals surface area contributed by atoms with Gasteiger partial charge in [0.05, 0.1) is 17.2 Å². The van der Waals surface area contributed by atoms with E-state index in [1.807, 2.05) is 19.1 Å². The largest absolute Gasteiger partial charge is 0.493 e. The van der Waals surface area contributed by atoms with E-state index in [2.05, 4.69) is 0 Å². The molecule has 0 atom stereocenters. The maximum Gasteiger partial charge on any atom is 0.169 e. The van der Waals surface area contributed by atoms with Gasteiger partial charge in [-0.05, 0) is 36.8 Å². The number of rotatable bonds is 3. The van der Waals surface area contributed by atoms with Crippen LogP contribution >= 0.6 is 23.2 Å². The van der Waals surface area contributed by atoms with Crippen molar-refractivity contribution >= 4 is 28.9 Å². The Morgan fingerprint density at radius 3 is 2.21 bits per heavy atom. The van der Waals surface area contributed by atoms with E-state index in [1.54, 1.807) is 25.3 Å². The first-order valence-electron chi connectivity index (χ1n) is 5.58. The summed E-state index contributed by atoms with van der Waals surface area (Å²) >= 11 is 12.2. The Balaban J connectivity index is 2.42. The van der Waals surface area contributed by atoms with Crippen LogP contribution in [0.3, 0.4) is 0 Å². The molecule has 5 heteroatoms. The van der Waals surface area contributed by atoms with Gasteiger partial charge in [-0.1, -0.05) is 29.3 Å². The number of nitrogens with two attached hydrogens (primary N) is 1. The van der Waals surface area contributed by atoms with Crippen molar-refractivity contribution in [3.63, 3.8) is 0 Å². The van der Waals surface area contributed by atoms with Crippen LogP contribution in [0.5, 0.6) is 17.2 Å². The number of ether oxygens (including phenoxy) is 2. The lowest BCUT2D eigenvalue weighted by Gasteiger charge is -2.13. The quantitative estimate of drug-likeness (QED) is 0.836. The molecule has 0 aromatic heterocycles. The third-order valence-electron chi connectivity index (χ3n) is 2.55. The van der Waals surface area contributed by atoms with Crippen LogP contribution in [-0.4, -0.2) is 7.11 Å². The van der Waals surface area contributed by atoms with Crippen molar-refractivity contribution < 1.29 is 9.47 Å². The number of halogens is 2. The predicted molar refractivity (Wildman–Crippen MR) is 78.7 cm³/mol. The zero-order chi connectivity index (χ0) is 14.0. The molecule has 0 aliphatic heterocycles. The molecule has 2 rings (SSSR count). The van der Waals surface area contributed by atoms with Crippen LogP contribution in [0.25, 0.3) is 0 Å². The summed E-state index contributed by atoms with van der Waals surface area (Å²) in [6.07, 6.45) is 0. The molecule has 2 N–H and O–H groups in total. The highest BCUT2D eigenvalue weighted by Gasteiger charge is 2.13. The molecule has 0 fully saturated rings. The molecule has 0 aliphatic carbocycles. The highest BCUT2D eigenvalue weighted by molar-refractivity contribution is 6.37. The topological polar surface area (TPSA) is 44.5 Å². The molecular weight excluding hydrogens is 285 g/mol. The van der Waals surface area contributed by atoms with Crippen molar-refractivity contribution in [2.75, 3.05) is 12.8 Å². The van der Waals surface area contributed by atoms with Crippen LogP contribution in [0.1, 0.15) is 5.56 Å². The molecule has 19 heavy (non-hydrogen) atoms. The maximum absolute atomic E-state index is 6.08. The fourth-order valence-corrected chi connectivity index (χ4v) is 2.23. The maximum atomic E-state index is 6.08. The van der Waals surface area contributed by atoms with Gasteiger partial charge >= 0.3 is 0 Å². The Hall–Kier alpha value is -1.58. The number of hydrogen-bond donors (Lipinski definition) is 1. The van der Waals surface area contributed by atoms with Crippen LogP contribution in [0.15, 0.2) is 30.3 Å². The summed E-state index contributed by atoms with van der Waals surface area (Å²) < 4.78 is 11.0. The molecule has 3 nitrogen and oxygen atoms in total. The van der Waals surface area contributed by atoms with Gasteiger partial charge in [0.25, 0.3) is 0 Å². The normalized spacial score (nSPS) is 10.3. The van der Waals surface area contributed by atoms with Gasteiger partial charge in [0.15, 0.2) is 17.2 Å². The van der Waals surface area contributed by atoms with Gasteiger partial charge in [0, 0.05) is 5.69 Å². The van der Waals surface area contributed by atoms with E-state index in [9.17, 15) is 0 Å². The van der Waals surface area contributed by atoms with Gasteiger partial charge in [-0.3, -0.25) is 0 Å². The number of benzene rings is 2. The minimum Gasteiger partial charge on any atom is -0.493 e. The molecule has 100 valence electrons. The van der Waals surface area contributed by atoms with Gasteiger partial charge in [-0.25, -0.2) is 0 Å². The first-order valence-corrected chi connectivity index (χ1v) is 6.34. The number of methoxy groups -OCH3 is 1. The van der Waals surface area contributed by atoms with E-state index < -0.39 is 0 Å². The van der Waals surface area contributed by atoms with Crippen molar-refractivity contribution in [1.29, 1.82) is 0 Å². The van der Waals surface area contributed by atoms with Crippen molar-refractivity contribution in [2.24, 2.45) is 0 Å². The molecule has 2 aromatic rings. The molecule has 2 aromatic carbocycles. The number of nitrogen functional groups attached to an aromatic ring is 1. The summed E-state index contributed by atoms with van der Waals surface area (Å²) in [5.41, 5.74) is 7.20. The fraction of sp³-hybridized carbons (Fsp3) is 0.143. The molecule has 0 amide bonds. The van der Waals surface area contributed by atoms with Crippen LogP contribution in [0.2, 0.25) is 10.0 Å². The molecule has 0 bridgehead atoms. The second kappa shape index (κ2) is 5.59. The Bertz CT molecular complexity index is 591. The molecular formula is C14H13Cl2NO2. The highest BCUT2D eigenvalue weighted by Crippen LogP contribution is 2.40. The van der Waals surface area contributed by atoms with Crippen LogP contribution in [0, 0.1) is 6.92 Å². The van der Waals surface area contributed by atoms with Crippen LogP contribution in [0.4, 0.5) is 5.69 Å². The average Bonchev–Trinajstić information content (AvgIpc) is 2.35. The average molecular weight is 298 g/mol. The Morgan fingerprint density at radius 1 is 1.00 bits per heavy atom. The molecule has 0 aliphatic rings. The Morgan fingerprint density at radius 2 is 1.63 bits per heavy atom. The Kier molecular flexibility index (Phi) is 4.08. The summed E-state index contributed by atoms with van der Waals surface area (Å²) in [7, 11) is 1.58. The van der Waals surface area contributed by atoms with Crippen molar-refractivity contribution in [1.82, 2.24) is 0 Å². The first-order chi connectivity index (χ1) is 9.01. The third-order valence-corrected chi connectivity index (χ3v) is 3.11. The lowest BCUT2D eigenvalue weighted by Crippen LogP contribution is -1.93. The van der Waals surface area contributed by atoms with E-state index in [4.69, 9.17) is 38.4 Å². The molecule has 0 heterocycles. The lowest BCUT2D eigenvalue weighted by atomic mass is 10.2. The van der Waals surface area contributed by atoms with Crippen LogP contribution in [-0.2, 0) is 0 Å². The van der Waals surface area contributed by atoms with Gasteiger partial charge < -0.3 is 15.2 Å². The fourth-order valence-electron chi connectivity index (χ4n) is 1.65. The third kappa shape index (κ3) is 3.06. The highest BCUT2D eigenvalue weighted by atomic mass is 35.5. The lowest BCUT2D eigenvalue weighted by molar-refractivity contribution is 0.378. The first kappa shape index (κ1) is 13.8. The SMILES string of the molecule is COc1cc(C)ccc1Oc1c(Cl)cc(N)cc1Cl. The van der Waals surface area contributed by atoms with E-state index in [0.29, 0.717) is 33.0 Å². The standard InChI is InChI=1S/C14H13Cl2NO2/c1-8-3-4-12(13(5-8)18-2)19-14-10(15)6-9(17)7-11(14)16/h3-7H,17H2,1-2H3. The van der Waals surface area contributed by atoms with E-state index >= 15 is 0 Å². The summed E-state index contributed by atoms with van der Waals surface area (Å²) in [6, 6.07) is 8.76. The summed E-state index contributed by atoms with van der Waals surface area (Å²) in [4.78, 5) is 0. The molecule has 0 radical (unpaired) electrons. The molecule has 0 saturated heterocycles. The van der Waals surface area contributed by atoms with Crippen molar-refractivity contribution in [3.8, 4) is 17.2 Å². The van der Waals surface area contributed by atoms with Crippen molar-refractivity contribution in [2.45, 2.75) is 6.92 Å². The smallest absolute Gasteiger partial charge is 0.169 e. The van der Waals surface area contributed by atoms with E-state index in [-0.39, 0.29) is 0 Å². The number of aryl methyl sites for hydroxylation is 1. The number of anilines is 1. The summed E-state index contributed by atoms with van der Waals surface area (Å²) in [5.74, 6) is 1.52. The van der Waals surface area contributed by atoms with Gasteiger partial charge in [-0.2, -0.15) is 0 Å². The minimum atomic E-state index is 0.354. The second-order valence-corrected chi connectivity index (χ2v) is 4.88. The summed E-state index contributed by atoms with van der Waals surface area (Å²) in [6.45, 7) is 1.97. The number of hydrogen-bond acceptors (Lipinski definition) is 3. The van der Waals surface area contributed by atoms with E-state index in [0.717, 1.165) is 5.56 Å². The predicted octanol–water partition coefficient (Wildman–Crippen LogP) is 4.68. The van der Waals surface area contributed by atoms with Crippen molar-refractivity contribution in [3.05, 3.63) is 45.9 Å². The Labute approximate surface area is 121 Å². The molecule has 0 unspecified atom stereocenters. The van der Waals surface area contributed by atoms with Gasteiger partial charge in [-0.15, -0.1) is 0 Å². The van der Waals surface area contributed by atoms with Crippen LogP contribution < -0.4 is 15.2 Å². The second-order valence-electron chi connectivity index (χ2n) is 4.07.